The van der Waals surface area contributed by atoms with Gasteiger partial charge in [0.05, 0.1) is 36.1 Å². The van der Waals surface area contributed by atoms with Crippen molar-refractivity contribution in [2.24, 2.45) is 5.92 Å². The summed E-state index contributed by atoms with van der Waals surface area (Å²) in [5.74, 6) is -0.166. The molecule has 0 saturated carbocycles. The topological polar surface area (TPSA) is 132 Å². The number of nitrogens with zero attached hydrogens (tertiary/aromatic N) is 2. The number of aliphatic hydroxyl groups is 1. The number of carbonyl (C=O) groups is 3. The Bertz CT molecular complexity index is 1780. The highest BCUT2D eigenvalue weighted by Crippen LogP contribution is 2.29. The number of urea groups is 2. The summed E-state index contributed by atoms with van der Waals surface area (Å²) in [7, 11) is 1.72. The first-order chi connectivity index (χ1) is 24.6. The smallest absolute Gasteiger partial charge is 0.323 e. The minimum atomic E-state index is -0.538. The molecule has 51 heavy (non-hydrogen) atoms. The second kappa shape index (κ2) is 17.7. The molecule has 0 aliphatic carbocycles. The molecule has 0 fully saturated rings. The summed E-state index contributed by atoms with van der Waals surface area (Å²) in [6.45, 7) is 6.50. The van der Waals surface area contributed by atoms with Gasteiger partial charge in [-0.05, 0) is 74.9 Å². The molecule has 0 spiro atoms. The van der Waals surface area contributed by atoms with Crippen molar-refractivity contribution in [2.45, 2.75) is 58.3 Å². The lowest BCUT2D eigenvalue weighted by Crippen LogP contribution is -2.48. The molecule has 1 heterocycles. The van der Waals surface area contributed by atoms with Crippen LogP contribution < -0.4 is 20.7 Å². The van der Waals surface area contributed by atoms with Gasteiger partial charge in [-0.2, -0.15) is 0 Å². The zero-order valence-corrected chi connectivity index (χ0v) is 29.8. The monoisotopic (exact) mass is 695 g/mol. The molecular weight excluding hydrogens is 646 g/mol. The van der Waals surface area contributed by atoms with Gasteiger partial charge in [0.1, 0.15) is 5.75 Å². The molecule has 0 bridgehead atoms. The maximum atomic E-state index is 14.5. The van der Waals surface area contributed by atoms with Crippen LogP contribution in [-0.2, 0) is 4.74 Å². The third-order valence-corrected chi connectivity index (χ3v) is 9.17. The number of anilines is 3. The fourth-order valence-electron chi connectivity index (χ4n) is 6.18. The Morgan fingerprint density at radius 1 is 0.922 bits per heavy atom. The first kappa shape index (κ1) is 37.1. The maximum Gasteiger partial charge on any atom is 0.323 e. The number of benzene rings is 4. The van der Waals surface area contributed by atoms with Crippen molar-refractivity contribution >= 4 is 45.8 Å². The molecule has 0 aromatic heterocycles. The van der Waals surface area contributed by atoms with Crippen LogP contribution in [0.15, 0.2) is 91.0 Å². The van der Waals surface area contributed by atoms with E-state index in [0.717, 1.165) is 30.0 Å². The molecule has 4 aromatic carbocycles. The summed E-state index contributed by atoms with van der Waals surface area (Å²) in [5.41, 5.74) is 2.03. The highest BCUT2D eigenvalue weighted by molar-refractivity contribution is 6.07. The van der Waals surface area contributed by atoms with Gasteiger partial charge in [0.15, 0.2) is 0 Å². The van der Waals surface area contributed by atoms with E-state index in [1.807, 2.05) is 86.6 Å². The molecular formula is C40H49N5O6. The van der Waals surface area contributed by atoms with Crippen molar-refractivity contribution in [3.05, 3.63) is 96.6 Å². The number of para-hydroxylation sites is 1. The lowest BCUT2D eigenvalue weighted by Gasteiger charge is -2.35. The summed E-state index contributed by atoms with van der Waals surface area (Å²) < 4.78 is 12.7. The molecule has 1 aliphatic heterocycles. The van der Waals surface area contributed by atoms with Gasteiger partial charge in [-0.3, -0.25) is 4.79 Å². The maximum absolute atomic E-state index is 14.5. The Kier molecular flexibility index (Phi) is 12.9. The van der Waals surface area contributed by atoms with Crippen molar-refractivity contribution in [3.63, 3.8) is 0 Å². The molecule has 0 saturated heterocycles. The van der Waals surface area contributed by atoms with Crippen LogP contribution in [0.2, 0.25) is 0 Å². The van der Waals surface area contributed by atoms with Crippen LogP contribution in [0.3, 0.4) is 0 Å². The molecule has 4 atom stereocenters. The van der Waals surface area contributed by atoms with Gasteiger partial charge in [0.2, 0.25) is 0 Å². The van der Waals surface area contributed by atoms with E-state index in [1.165, 1.54) is 0 Å². The van der Waals surface area contributed by atoms with Gasteiger partial charge >= 0.3 is 12.1 Å². The van der Waals surface area contributed by atoms with Crippen molar-refractivity contribution in [3.8, 4) is 5.75 Å². The molecule has 4 N–H and O–H groups in total. The highest BCUT2D eigenvalue weighted by atomic mass is 16.5. The Morgan fingerprint density at radius 2 is 1.67 bits per heavy atom. The number of likely N-dealkylation sites (N-methyl/N-ethyl adjacent to an activating group) is 1. The number of aliphatic hydroxyl groups excluding tert-OH is 1. The van der Waals surface area contributed by atoms with Crippen LogP contribution in [0.4, 0.5) is 26.7 Å². The Labute approximate surface area is 299 Å². The van der Waals surface area contributed by atoms with Crippen LogP contribution in [0, 0.1) is 5.92 Å². The summed E-state index contributed by atoms with van der Waals surface area (Å²) >= 11 is 0. The number of carbonyl (C=O) groups excluding carboxylic acids is 3. The first-order valence-corrected chi connectivity index (χ1v) is 17.6. The van der Waals surface area contributed by atoms with Gasteiger partial charge in [0.25, 0.3) is 5.91 Å². The highest BCUT2D eigenvalue weighted by Gasteiger charge is 2.31. The number of rotatable bonds is 7. The predicted octanol–water partition coefficient (Wildman–Crippen LogP) is 7.44. The summed E-state index contributed by atoms with van der Waals surface area (Å²) in [5, 5.41) is 20.9. The number of fused-ring (bicyclic) bond motifs is 2. The molecule has 5 rings (SSSR count). The van der Waals surface area contributed by atoms with E-state index in [2.05, 4.69) is 16.0 Å². The van der Waals surface area contributed by atoms with Crippen LogP contribution >= 0.6 is 0 Å². The Balaban J connectivity index is 1.38. The summed E-state index contributed by atoms with van der Waals surface area (Å²) in [4.78, 5) is 44.0. The number of ether oxygens (including phenoxy) is 2. The average Bonchev–Trinajstić information content (AvgIpc) is 3.13. The van der Waals surface area contributed by atoms with Gasteiger partial charge in [-0.25, -0.2) is 9.59 Å². The minimum absolute atomic E-state index is 0.195. The number of hydrogen-bond acceptors (Lipinski definition) is 6. The van der Waals surface area contributed by atoms with Crippen LogP contribution in [0.1, 0.15) is 50.4 Å². The third-order valence-electron chi connectivity index (χ3n) is 9.17. The van der Waals surface area contributed by atoms with Crippen LogP contribution in [0.5, 0.6) is 5.75 Å². The van der Waals surface area contributed by atoms with Crippen molar-refractivity contribution in [2.75, 3.05) is 49.3 Å². The Hall–Kier alpha value is -5.13. The summed E-state index contributed by atoms with van der Waals surface area (Å²) in [6, 6.07) is 26.5. The average molecular weight is 696 g/mol. The second-order valence-electron chi connectivity index (χ2n) is 13.3. The van der Waals surface area contributed by atoms with E-state index in [-0.39, 0.29) is 48.8 Å². The van der Waals surface area contributed by atoms with E-state index >= 15 is 0 Å². The number of nitrogens with one attached hydrogen (secondary N) is 3. The second-order valence-corrected chi connectivity index (χ2v) is 13.3. The van der Waals surface area contributed by atoms with Crippen molar-refractivity contribution < 1.29 is 29.0 Å². The Morgan fingerprint density at radius 3 is 2.45 bits per heavy atom. The largest absolute Gasteiger partial charge is 0.490 e. The summed E-state index contributed by atoms with van der Waals surface area (Å²) in [6.07, 6.45) is 1.80. The predicted molar refractivity (Wildman–Crippen MR) is 202 cm³/mol. The molecule has 270 valence electrons. The fourth-order valence-corrected chi connectivity index (χ4v) is 6.18. The van der Waals surface area contributed by atoms with E-state index < -0.39 is 12.1 Å². The van der Waals surface area contributed by atoms with Gasteiger partial charge in [0, 0.05) is 49.4 Å². The normalized spacial score (nSPS) is 19.2. The standard InChI is InChI=1S/C40H49N5O6/c1-27-24-45(28(2)26-46)38(47)34-23-32(41-39(48)43-35-19-12-15-30-14-8-9-18-33(30)35)20-21-36(34)51-29(3)13-10-11-22-50-37(27)25-44(4)40(49)42-31-16-6-5-7-17-31/h5-9,12,14-21,23,27-29,37,46H,10-11,13,22,24-26H2,1-4H3,(H,42,49)(H2,41,43,48)/t27-,28-,29-,37+/m1/s1. The van der Waals surface area contributed by atoms with Gasteiger partial charge in [-0.15, -0.1) is 0 Å². The quantitative estimate of drug-likeness (QED) is 0.159. The van der Waals surface area contributed by atoms with E-state index in [9.17, 15) is 19.5 Å². The molecule has 0 radical (unpaired) electrons. The fraction of sp³-hybridized carbons (Fsp3) is 0.375. The van der Waals surface area contributed by atoms with Crippen LogP contribution in [-0.4, -0.2) is 84.5 Å². The van der Waals surface area contributed by atoms with Crippen molar-refractivity contribution in [1.29, 1.82) is 0 Å². The molecule has 0 unspecified atom stereocenters. The van der Waals surface area contributed by atoms with E-state index in [4.69, 9.17) is 9.47 Å². The molecule has 11 heteroatoms. The van der Waals surface area contributed by atoms with Crippen molar-refractivity contribution in [1.82, 2.24) is 9.80 Å². The number of amides is 5. The molecule has 5 amide bonds. The third kappa shape index (κ3) is 9.99. The lowest BCUT2D eigenvalue weighted by atomic mass is 10.0. The van der Waals surface area contributed by atoms with Crippen LogP contribution in [0.25, 0.3) is 10.8 Å². The van der Waals surface area contributed by atoms with Gasteiger partial charge < -0.3 is 40.3 Å². The first-order valence-electron chi connectivity index (χ1n) is 17.6. The SMILES string of the molecule is C[C@@H]1CCCCO[C@@H](CN(C)C(=O)Nc2ccccc2)[C@H](C)CN([C@H](C)CO)C(=O)c2cc(NC(=O)Nc3cccc4ccccc34)ccc2O1. The minimum Gasteiger partial charge on any atom is -0.490 e. The van der Waals surface area contributed by atoms with Gasteiger partial charge in [-0.1, -0.05) is 61.5 Å². The lowest BCUT2D eigenvalue weighted by molar-refractivity contribution is -0.0115. The molecule has 1 aliphatic rings. The zero-order chi connectivity index (χ0) is 36.3. The van der Waals surface area contributed by atoms with E-state index in [0.29, 0.717) is 36.0 Å². The van der Waals surface area contributed by atoms with E-state index in [1.54, 1.807) is 42.0 Å². The number of hydrogen-bond donors (Lipinski definition) is 4. The molecule has 11 nitrogen and oxygen atoms in total. The molecule has 4 aromatic rings. The zero-order valence-electron chi connectivity index (χ0n) is 29.8.